The number of hydrogen-bond donors (Lipinski definition) is 3. The van der Waals surface area contributed by atoms with Crippen LogP contribution >= 0.6 is 11.6 Å². The number of H-pyrrole nitrogens is 1. The number of amides is 1. The maximum absolute atomic E-state index is 12.2. The maximum Gasteiger partial charge on any atom is 0.310 e. The van der Waals surface area contributed by atoms with Crippen LogP contribution in [-0.4, -0.2) is 16.7 Å². The number of hydrogen-bond acceptors (Lipinski definition) is 3. The molecule has 3 N–H and O–H groups in total. The molecule has 110 valence electrons. The Labute approximate surface area is 131 Å². The molecule has 0 unspecified atom stereocenters. The lowest BCUT2D eigenvalue weighted by Gasteiger charge is -2.07. The molecule has 0 saturated heterocycles. The van der Waals surface area contributed by atoms with E-state index in [9.17, 15) is 9.59 Å². The molecule has 0 aliphatic heterocycles. The SMILES string of the molecule is O=C(NNc1ccccc1)C(=O)c1c[nH]c2ccc(Cl)cc12. The van der Waals surface area contributed by atoms with Gasteiger partial charge in [0.05, 0.1) is 11.3 Å². The monoisotopic (exact) mass is 313 g/mol. The van der Waals surface area contributed by atoms with Gasteiger partial charge in [-0.3, -0.25) is 20.4 Å². The number of Topliss-reactive ketones (excluding diaryl/α,β-unsaturated/α-hetero) is 1. The van der Waals surface area contributed by atoms with E-state index in [-0.39, 0.29) is 5.56 Å². The summed E-state index contributed by atoms with van der Waals surface area (Å²) in [7, 11) is 0. The molecule has 0 saturated carbocycles. The van der Waals surface area contributed by atoms with Crippen LogP contribution in [0.3, 0.4) is 0 Å². The minimum Gasteiger partial charge on any atom is -0.360 e. The first-order valence-corrected chi connectivity index (χ1v) is 6.95. The average molecular weight is 314 g/mol. The molecule has 1 heterocycles. The van der Waals surface area contributed by atoms with Gasteiger partial charge in [0.15, 0.2) is 0 Å². The predicted octanol–water partition coefficient (Wildman–Crippen LogP) is 3.15. The first-order chi connectivity index (χ1) is 10.6. The number of carbonyl (C=O) groups excluding carboxylic acids is 2. The molecule has 0 atom stereocenters. The first kappa shape index (κ1) is 14.2. The van der Waals surface area contributed by atoms with E-state index in [4.69, 9.17) is 11.6 Å². The molecule has 0 bridgehead atoms. The number of aromatic amines is 1. The second kappa shape index (κ2) is 5.91. The number of ketones is 1. The number of rotatable bonds is 4. The van der Waals surface area contributed by atoms with Crippen LogP contribution in [0.4, 0.5) is 5.69 Å². The summed E-state index contributed by atoms with van der Waals surface area (Å²) in [5.41, 5.74) is 6.79. The highest BCUT2D eigenvalue weighted by molar-refractivity contribution is 6.45. The number of aromatic nitrogens is 1. The Morgan fingerprint density at radius 1 is 1.05 bits per heavy atom. The Morgan fingerprint density at radius 3 is 2.59 bits per heavy atom. The zero-order valence-corrected chi connectivity index (χ0v) is 12.1. The third-order valence-electron chi connectivity index (χ3n) is 3.19. The summed E-state index contributed by atoms with van der Waals surface area (Å²) in [4.78, 5) is 27.2. The van der Waals surface area contributed by atoms with Gasteiger partial charge in [0.25, 0.3) is 5.78 Å². The molecule has 0 aliphatic carbocycles. The Balaban J connectivity index is 1.77. The van der Waals surface area contributed by atoms with E-state index in [1.54, 1.807) is 30.3 Å². The van der Waals surface area contributed by atoms with Crippen molar-refractivity contribution in [2.75, 3.05) is 5.43 Å². The fraction of sp³-hybridized carbons (Fsp3) is 0. The molecule has 5 nitrogen and oxygen atoms in total. The Kier molecular flexibility index (Phi) is 3.80. The lowest BCUT2D eigenvalue weighted by Crippen LogP contribution is -2.35. The molecule has 0 fully saturated rings. The summed E-state index contributed by atoms with van der Waals surface area (Å²) in [5.74, 6) is -1.39. The summed E-state index contributed by atoms with van der Waals surface area (Å²) < 4.78 is 0. The van der Waals surface area contributed by atoms with E-state index in [2.05, 4.69) is 15.8 Å². The van der Waals surface area contributed by atoms with Crippen molar-refractivity contribution in [1.82, 2.24) is 10.4 Å². The number of hydrazine groups is 1. The second-order valence-electron chi connectivity index (χ2n) is 4.67. The molecule has 1 aromatic heterocycles. The number of halogens is 1. The van der Waals surface area contributed by atoms with Crippen molar-refractivity contribution < 1.29 is 9.59 Å². The van der Waals surface area contributed by atoms with Crippen molar-refractivity contribution in [3.63, 3.8) is 0 Å². The highest BCUT2D eigenvalue weighted by Gasteiger charge is 2.19. The molecule has 3 rings (SSSR count). The van der Waals surface area contributed by atoms with Gasteiger partial charge in [0.2, 0.25) is 0 Å². The summed E-state index contributed by atoms with van der Waals surface area (Å²) in [6, 6.07) is 14.2. The summed E-state index contributed by atoms with van der Waals surface area (Å²) >= 11 is 5.93. The predicted molar refractivity (Wildman–Crippen MR) is 85.8 cm³/mol. The van der Waals surface area contributed by atoms with E-state index < -0.39 is 11.7 Å². The molecule has 6 heteroatoms. The summed E-state index contributed by atoms with van der Waals surface area (Å²) in [5, 5.41) is 1.12. The molecular weight excluding hydrogens is 302 g/mol. The second-order valence-corrected chi connectivity index (χ2v) is 5.10. The first-order valence-electron chi connectivity index (χ1n) is 6.57. The van der Waals surface area contributed by atoms with Gasteiger partial charge in [-0.25, -0.2) is 0 Å². The maximum atomic E-state index is 12.2. The smallest absolute Gasteiger partial charge is 0.310 e. The average Bonchev–Trinajstić information content (AvgIpc) is 2.95. The Morgan fingerprint density at radius 2 is 1.82 bits per heavy atom. The van der Waals surface area contributed by atoms with E-state index in [1.807, 2.05) is 18.2 Å². The zero-order valence-electron chi connectivity index (χ0n) is 11.4. The quantitative estimate of drug-likeness (QED) is 0.393. The molecule has 0 spiro atoms. The molecule has 3 aromatic rings. The lowest BCUT2D eigenvalue weighted by molar-refractivity contribution is -0.116. The number of benzene rings is 2. The number of anilines is 1. The summed E-state index contributed by atoms with van der Waals surface area (Å²) in [6.07, 6.45) is 1.51. The topological polar surface area (TPSA) is 74.0 Å². The fourth-order valence-corrected chi connectivity index (χ4v) is 2.28. The van der Waals surface area contributed by atoms with Crippen molar-refractivity contribution in [2.45, 2.75) is 0 Å². The van der Waals surface area contributed by atoms with Crippen molar-refractivity contribution in [1.29, 1.82) is 0 Å². The van der Waals surface area contributed by atoms with Gasteiger partial charge in [0.1, 0.15) is 0 Å². The van der Waals surface area contributed by atoms with E-state index in [0.717, 1.165) is 5.52 Å². The Hall–Kier alpha value is -2.79. The standard InChI is InChI=1S/C16H12ClN3O2/c17-10-6-7-14-12(8-10)13(9-18-14)15(21)16(22)20-19-11-4-2-1-3-5-11/h1-9,18-19H,(H,20,22). The van der Waals surface area contributed by atoms with Gasteiger partial charge in [-0.1, -0.05) is 29.8 Å². The van der Waals surface area contributed by atoms with Gasteiger partial charge >= 0.3 is 5.91 Å². The minimum absolute atomic E-state index is 0.282. The minimum atomic E-state index is -0.746. The summed E-state index contributed by atoms with van der Waals surface area (Å²) in [6.45, 7) is 0. The van der Waals surface area contributed by atoms with E-state index >= 15 is 0 Å². The third kappa shape index (κ3) is 2.80. The van der Waals surface area contributed by atoms with Gasteiger partial charge in [-0.15, -0.1) is 0 Å². The van der Waals surface area contributed by atoms with Gasteiger partial charge in [-0.2, -0.15) is 0 Å². The Bertz CT molecular complexity index is 843. The lowest BCUT2D eigenvalue weighted by atomic mass is 10.1. The van der Waals surface area contributed by atoms with Crippen LogP contribution in [0.5, 0.6) is 0 Å². The van der Waals surface area contributed by atoms with Crippen LogP contribution < -0.4 is 10.9 Å². The highest BCUT2D eigenvalue weighted by atomic mass is 35.5. The fourth-order valence-electron chi connectivity index (χ4n) is 2.11. The molecule has 0 aliphatic rings. The molecule has 2 aromatic carbocycles. The molecular formula is C16H12ClN3O2. The number of nitrogens with one attached hydrogen (secondary N) is 3. The van der Waals surface area contributed by atoms with Crippen molar-refractivity contribution in [2.24, 2.45) is 0 Å². The molecule has 22 heavy (non-hydrogen) atoms. The van der Waals surface area contributed by atoms with Crippen LogP contribution in [0.15, 0.2) is 54.7 Å². The normalized spacial score (nSPS) is 10.4. The number of fused-ring (bicyclic) bond motifs is 1. The third-order valence-corrected chi connectivity index (χ3v) is 3.42. The van der Waals surface area contributed by atoms with Crippen molar-refractivity contribution in [3.8, 4) is 0 Å². The molecule has 1 amide bonds. The van der Waals surface area contributed by atoms with Crippen LogP contribution in [0.1, 0.15) is 10.4 Å². The van der Waals surface area contributed by atoms with E-state index in [1.165, 1.54) is 6.20 Å². The van der Waals surface area contributed by atoms with Gasteiger partial charge in [0, 0.05) is 22.1 Å². The van der Waals surface area contributed by atoms with Gasteiger partial charge in [-0.05, 0) is 30.3 Å². The van der Waals surface area contributed by atoms with Crippen molar-refractivity contribution >= 4 is 39.9 Å². The number of carbonyl (C=O) groups is 2. The van der Waals surface area contributed by atoms with Crippen LogP contribution in [0.25, 0.3) is 10.9 Å². The van der Waals surface area contributed by atoms with Crippen LogP contribution in [-0.2, 0) is 4.79 Å². The number of para-hydroxylation sites is 1. The van der Waals surface area contributed by atoms with Gasteiger partial charge < -0.3 is 4.98 Å². The van der Waals surface area contributed by atoms with Crippen LogP contribution in [0.2, 0.25) is 5.02 Å². The largest absolute Gasteiger partial charge is 0.360 e. The zero-order chi connectivity index (χ0) is 15.5. The molecule has 0 radical (unpaired) electrons. The van der Waals surface area contributed by atoms with E-state index in [0.29, 0.717) is 16.1 Å². The highest BCUT2D eigenvalue weighted by Crippen LogP contribution is 2.22. The van der Waals surface area contributed by atoms with Crippen molar-refractivity contribution in [3.05, 3.63) is 65.3 Å². The van der Waals surface area contributed by atoms with Crippen LogP contribution in [0, 0.1) is 0 Å².